The first kappa shape index (κ1) is 99.1. The van der Waals surface area contributed by atoms with Crippen LogP contribution in [0.25, 0.3) is 0 Å². The van der Waals surface area contributed by atoms with E-state index in [1.807, 2.05) is 0 Å². The average Bonchev–Trinajstić information content (AvgIpc) is 1.04. The van der Waals surface area contributed by atoms with Gasteiger partial charge >= 0.3 is 39.5 Å². The minimum atomic E-state index is -4.96. The van der Waals surface area contributed by atoms with Crippen molar-refractivity contribution in [1.82, 2.24) is 0 Å². The number of hydrogen-bond donors (Lipinski definition) is 3. The first-order valence-electron chi connectivity index (χ1n) is 42.4. The zero-order chi connectivity index (χ0) is 74.4. The number of aliphatic hydroxyl groups is 1. The van der Waals surface area contributed by atoms with Gasteiger partial charge in [-0.2, -0.15) is 0 Å². The van der Waals surface area contributed by atoms with E-state index in [1.165, 1.54) is 238 Å². The number of aliphatic hydroxyl groups excluding tert-OH is 1. The van der Waals surface area contributed by atoms with Crippen molar-refractivity contribution in [3.05, 3.63) is 0 Å². The first-order chi connectivity index (χ1) is 48.8. The van der Waals surface area contributed by atoms with E-state index in [2.05, 4.69) is 48.5 Å². The molecule has 0 radical (unpaired) electrons. The number of esters is 4. The van der Waals surface area contributed by atoms with Gasteiger partial charge in [-0.15, -0.1) is 0 Å². The molecule has 0 aliphatic carbocycles. The fourth-order valence-corrected chi connectivity index (χ4v) is 14.2. The molecule has 0 aliphatic heterocycles. The molecule has 0 saturated carbocycles. The fourth-order valence-electron chi connectivity index (χ4n) is 12.6. The van der Waals surface area contributed by atoms with Crippen LogP contribution in [0.4, 0.5) is 0 Å². The van der Waals surface area contributed by atoms with Crippen LogP contribution in [0.1, 0.15) is 427 Å². The summed E-state index contributed by atoms with van der Waals surface area (Å²) < 4.78 is 68.8. The third-order valence-electron chi connectivity index (χ3n) is 19.9. The highest BCUT2D eigenvalue weighted by Gasteiger charge is 2.30. The van der Waals surface area contributed by atoms with Gasteiger partial charge in [-0.05, 0) is 43.4 Å². The summed E-state index contributed by atoms with van der Waals surface area (Å²) in [5.41, 5.74) is 0. The van der Waals surface area contributed by atoms with Gasteiger partial charge < -0.3 is 33.8 Å². The van der Waals surface area contributed by atoms with Crippen LogP contribution >= 0.6 is 15.6 Å². The molecule has 0 aromatic rings. The van der Waals surface area contributed by atoms with Crippen LogP contribution in [-0.2, 0) is 65.4 Å². The fraction of sp³-hybridized carbons (Fsp3) is 0.951. The number of ether oxygens (including phenoxy) is 4. The Bertz CT molecular complexity index is 1960. The molecule has 0 spiro atoms. The Morgan fingerprint density at radius 2 is 0.505 bits per heavy atom. The molecule has 101 heavy (non-hydrogen) atoms. The Labute approximate surface area is 619 Å². The summed E-state index contributed by atoms with van der Waals surface area (Å²) in [7, 11) is -9.92. The van der Waals surface area contributed by atoms with Crippen LogP contribution < -0.4 is 0 Å². The summed E-state index contributed by atoms with van der Waals surface area (Å²) in [6, 6.07) is 0. The summed E-state index contributed by atoms with van der Waals surface area (Å²) in [5, 5.41) is 10.6. The minimum Gasteiger partial charge on any atom is -0.462 e. The van der Waals surface area contributed by atoms with E-state index in [-0.39, 0.29) is 25.7 Å². The van der Waals surface area contributed by atoms with Crippen LogP contribution in [0.15, 0.2) is 0 Å². The van der Waals surface area contributed by atoms with Crippen molar-refractivity contribution in [1.29, 1.82) is 0 Å². The van der Waals surface area contributed by atoms with E-state index in [1.54, 1.807) is 0 Å². The number of carbonyl (C=O) groups excluding carboxylic acids is 4. The van der Waals surface area contributed by atoms with Gasteiger partial charge in [0.2, 0.25) is 0 Å². The summed E-state index contributed by atoms with van der Waals surface area (Å²) in [6.45, 7) is 12.0. The van der Waals surface area contributed by atoms with Crippen LogP contribution in [0.2, 0.25) is 0 Å². The van der Waals surface area contributed by atoms with E-state index >= 15 is 0 Å². The summed E-state index contributed by atoms with van der Waals surface area (Å²) >= 11 is 0. The van der Waals surface area contributed by atoms with Crippen molar-refractivity contribution in [3.8, 4) is 0 Å². The number of rotatable bonds is 80. The molecule has 0 saturated heterocycles. The van der Waals surface area contributed by atoms with Crippen LogP contribution in [-0.4, -0.2) is 96.7 Å². The highest BCUT2D eigenvalue weighted by molar-refractivity contribution is 7.47. The first-order valence-corrected chi connectivity index (χ1v) is 45.4. The zero-order valence-corrected chi connectivity index (χ0v) is 68.2. The molecule has 0 aromatic heterocycles. The molecule has 4 unspecified atom stereocenters. The smallest absolute Gasteiger partial charge is 0.462 e. The SMILES string of the molecule is CCCCCCCCCCCCCCCCCCCCC(=O)OC[C@H](COP(=O)(O)OC[C@@H](O)COP(=O)(O)OC[C@@H](COC(=O)CCCCCCCCCCC(C)CC)OC(=O)CCCCCCCCCCC(C)CC)OC(=O)CCCCCCCCCCCCCCCCCCC(C)C. The molecule has 0 aliphatic rings. The zero-order valence-electron chi connectivity index (χ0n) is 66.4. The number of phosphoric ester groups is 2. The van der Waals surface area contributed by atoms with Gasteiger partial charge in [0.1, 0.15) is 19.3 Å². The predicted molar refractivity (Wildman–Crippen MR) is 414 cm³/mol. The van der Waals surface area contributed by atoms with E-state index in [0.717, 1.165) is 108 Å². The molecule has 0 rings (SSSR count). The average molecular weight is 1480 g/mol. The monoisotopic (exact) mass is 1480 g/mol. The Morgan fingerprint density at radius 1 is 0.287 bits per heavy atom. The maximum atomic E-state index is 13.1. The molecule has 3 N–H and O–H groups in total. The van der Waals surface area contributed by atoms with Crippen LogP contribution in [0.5, 0.6) is 0 Å². The molecule has 7 atom stereocenters. The maximum Gasteiger partial charge on any atom is 0.472 e. The molecule has 0 bridgehead atoms. The van der Waals surface area contributed by atoms with Gasteiger partial charge in [0, 0.05) is 25.7 Å². The van der Waals surface area contributed by atoms with Crippen molar-refractivity contribution in [3.63, 3.8) is 0 Å². The molecule has 0 aromatic carbocycles. The Balaban J connectivity index is 5.25. The molecule has 0 heterocycles. The minimum absolute atomic E-state index is 0.105. The Morgan fingerprint density at radius 3 is 0.752 bits per heavy atom. The topological polar surface area (TPSA) is 237 Å². The summed E-state index contributed by atoms with van der Waals surface area (Å²) in [4.78, 5) is 73.1. The lowest BCUT2D eigenvalue weighted by molar-refractivity contribution is -0.161. The highest BCUT2D eigenvalue weighted by atomic mass is 31.2. The van der Waals surface area contributed by atoms with Crippen LogP contribution in [0, 0.1) is 17.8 Å². The maximum absolute atomic E-state index is 13.1. The van der Waals surface area contributed by atoms with Gasteiger partial charge in [0.25, 0.3) is 0 Å². The van der Waals surface area contributed by atoms with Gasteiger partial charge in [0.15, 0.2) is 12.2 Å². The second kappa shape index (κ2) is 72.3. The lowest BCUT2D eigenvalue weighted by Crippen LogP contribution is -2.30. The van der Waals surface area contributed by atoms with Gasteiger partial charge in [-0.25, -0.2) is 9.13 Å². The second-order valence-corrected chi connectivity index (χ2v) is 33.4. The van der Waals surface area contributed by atoms with Gasteiger partial charge in [-0.3, -0.25) is 37.3 Å². The van der Waals surface area contributed by atoms with Crippen molar-refractivity contribution >= 4 is 39.5 Å². The molecule has 0 fully saturated rings. The molecule has 0 amide bonds. The Hall–Kier alpha value is -1.94. The third kappa shape index (κ3) is 73.4. The molecular weight excluding hydrogens is 1320 g/mol. The van der Waals surface area contributed by atoms with E-state index in [0.29, 0.717) is 25.7 Å². The summed E-state index contributed by atoms with van der Waals surface area (Å²) in [6.07, 6.45) is 61.0. The lowest BCUT2D eigenvalue weighted by atomic mass is 9.99. The molecule has 17 nitrogen and oxygen atoms in total. The van der Waals surface area contributed by atoms with E-state index in [4.69, 9.17) is 37.0 Å². The Kier molecular flexibility index (Phi) is 70.9. The van der Waals surface area contributed by atoms with Gasteiger partial charge in [-0.1, -0.05) is 376 Å². The number of hydrogen-bond acceptors (Lipinski definition) is 15. The van der Waals surface area contributed by atoms with E-state index in [9.17, 15) is 43.2 Å². The van der Waals surface area contributed by atoms with Crippen molar-refractivity contribution < 1.29 is 80.2 Å². The van der Waals surface area contributed by atoms with Crippen molar-refractivity contribution in [2.75, 3.05) is 39.6 Å². The molecule has 19 heteroatoms. The summed E-state index contributed by atoms with van der Waals surface area (Å²) in [5.74, 6) is 0.245. The van der Waals surface area contributed by atoms with E-state index < -0.39 is 97.5 Å². The number of phosphoric acid groups is 2. The van der Waals surface area contributed by atoms with Crippen molar-refractivity contribution in [2.24, 2.45) is 17.8 Å². The number of unbranched alkanes of at least 4 members (excludes halogenated alkanes) is 46. The molecule has 600 valence electrons. The largest absolute Gasteiger partial charge is 0.472 e. The quantitative estimate of drug-likeness (QED) is 0.0222. The third-order valence-corrected chi connectivity index (χ3v) is 21.8. The normalized spacial score (nSPS) is 14.5. The van der Waals surface area contributed by atoms with Crippen molar-refractivity contribution in [2.45, 2.75) is 446 Å². The highest BCUT2D eigenvalue weighted by Crippen LogP contribution is 2.45. The standard InChI is InChI=1S/C82H160O17P2/c1-8-11-12-13-14-15-16-17-18-19-20-24-27-30-33-42-49-56-63-79(84)92-69-77(98-81(86)65-58-51-44-34-31-28-25-22-21-23-26-29-32-39-46-53-60-73(4)5)71-96-100(88,89)94-67-76(83)68-95-101(90,91)97-72-78(99-82(87)66-59-52-45-38-36-41-48-55-62-75(7)10-3)70-93-80(85)64-57-50-43-37-35-40-47-54-61-74(6)9-2/h73-78,83H,8-72H2,1-7H3,(H,88,89)(H,90,91)/t74?,75?,76-,77-,78-/m1/s1. The van der Waals surface area contributed by atoms with Gasteiger partial charge in [0.05, 0.1) is 26.4 Å². The second-order valence-electron chi connectivity index (χ2n) is 30.5. The number of carbonyl (C=O) groups is 4. The van der Waals surface area contributed by atoms with Crippen LogP contribution in [0.3, 0.4) is 0 Å². The lowest BCUT2D eigenvalue weighted by Gasteiger charge is -2.21. The molecular formula is C82H160O17P2. The predicted octanol–water partition coefficient (Wildman–Crippen LogP) is 24.5.